The topological polar surface area (TPSA) is 0 Å². The molecule has 0 radical (unpaired) electrons. The van der Waals surface area contributed by atoms with Gasteiger partial charge in [-0.05, 0) is 18.4 Å². The van der Waals surface area contributed by atoms with Crippen molar-refractivity contribution in [3.05, 3.63) is 60.2 Å². The van der Waals surface area contributed by atoms with Crippen molar-refractivity contribution in [2.24, 2.45) is 5.92 Å². The Hall–Kier alpha value is -1.30. The molecule has 0 aliphatic heterocycles. The molecule has 1 aromatic carbocycles. The van der Waals surface area contributed by atoms with Gasteiger partial charge in [0.2, 0.25) is 0 Å². The van der Waals surface area contributed by atoms with Crippen molar-refractivity contribution >= 4 is 0 Å². The minimum absolute atomic E-state index is 0.572. The van der Waals surface area contributed by atoms with Crippen LogP contribution in [0.15, 0.2) is 54.6 Å². The van der Waals surface area contributed by atoms with Gasteiger partial charge in [-0.15, -0.1) is 0 Å². The summed E-state index contributed by atoms with van der Waals surface area (Å²) in [7, 11) is 0. The van der Waals surface area contributed by atoms with Crippen molar-refractivity contribution in [1.82, 2.24) is 0 Å². The molecular formula is C13H14. The molecule has 0 nitrogen and oxygen atoms in total. The van der Waals surface area contributed by atoms with E-state index in [1.54, 1.807) is 0 Å². The fourth-order valence-electron chi connectivity index (χ4n) is 1.75. The molecule has 0 aromatic heterocycles. The summed E-state index contributed by atoms with van der Waals surface area (Å²) >= 11 is 0. The Kier molecular flexibility index (Phi) is 2.31. The van der Waals surface area contributed by atoms with Crippen LogP contribution in [0.1, 0.15) is 12.0 Å². The van der Waals surface area contributed by atoms with Gasteiger partial charge in [-0.1, -0.05) is 54.6 Å². The number of allylic oxidation sites excluding steroid dienone is 3. The minimum Gasteiger partial charge on any atom is -0.0989 e. The molecule has 1 unspecified atom stereocenters. The van der Waals surface area contributed by atoms with Gasteiger partial charge >= 0.3 is 0 Å². The first-order valence-electron chi connectivity index (χ1n) is 4.74. The summed E-state index contributed by atoms with van der Waals surface area (Å²) in [5.74, 6) is 0.572. The van der Waals surface area contributed by atoms with Gasteiger partial charge in [0, 0.05) is 5.92 Å². The maximum atomic E-state index is 4.07. The lowest BCUT2D eigenvalue weighted by Gasteiger charge is -2.09. The van der Waals surface area contributed by atoms with Gasteiger partial charge < -0.3 is 0 Å². The first-order chi connectivity index (χ1) is 6.36. The van der Waals surface area contributed by atoms with Gasteiger partial charge in [0.25, 0.3) is 0 Å². The van der Waals surface area contributed by atoms with E-state index in [9.17, 15) is 0 Å². The molecule has 0 heterocycles. The molecule has 1 aliphatic carbocycles. The van der Waals surface area contributed by atoms with Crippen molar-refractivity contribution < 1.29 is 0 Å². The van der Waals surface area contributed by atoms with E-state index in [-0.39, 0.29) is 0 Å². The van der Waals surface area contributed by atoms with Crippen molar-refractivity contribution in [2.45, 2.75) is 12.8 Å². The Morgan fingerprint density at radius 2 is 2.00 bits per heavy atom. The molecule has 0 amide bonds. The van der Waals surface area contributed by atoms with Gasteiger partial charge in [-0.25, -0.2) is 0 Å². The van der Waals surface area contributed by atoms with E-state index in [0.29, 0.717) is 5.92 Å². The molecule has 0 N–H and O–H groups in total. The second-order valence-electron chi connectivity index (χ2n) is 3.59. The average molecular weight is 170 g/mol. The summed E-state index contributed by atoms with van der Waals surface area (Å²) in [4.78, 5) is 0. The van der Waals surface area contributed by atoms with E-state index in [1.807, 2.05) is 0 Å². The lowest BCUT2D eigenvalue weighted by atomic mass is 9.96. The van der Waals surface area contributed by atoms with Gasteiger partial charge in [-0.2, -0.15) is 0 Å². The SMILES string of the molecule is C=C1CC=CC1Cc1ccccc1. The third kappa shape index (κ3) is 1.89. The molecule has 2 rings (SSSR count). The van der Waals surface area contributed by atoms with Crippen molar-refractivity contribution in [2.75, 3.05) is 0 Å². The summed E-state index contributed by atoms with van der Waals surface area (Å²) < 4.78 is 0. The van der Waals surface area contributed by atoms with Crippen LogP contribution < -0.4 is 0 Å². The number of rotatable bonds is 2. The number of benzene rings is 1. The zero-order chi connectivity index (χ0) is 9.10. The van der Waals surface area contributed by atoms with Crippen LogP contribution in [0.3, 0.4) is 0 Å². The van der Waals surface area contributed by atoms with Gasteiger partial charge in [-0.3, -0.25) is 0 Å². The molecule has 66 valence electrons. The summed E-state index contributed by atoms with van der Waals surface area (Å²) in [5.41, 5.74) is 2.75. The highest BCUT2D eigenvalue weighted by Gasteiger charge is 2.13. The highest BCUT2D eigenvalue weighted by Crippen LogP contribution is 2.25. The Morgan fingerprint density at radius 1 is 1.23 bits per heavy atom. The molecule has 0 saturated heterocycles. The van der Waals surface area contributed by atoms with Crippen LogP contribution in [0, 0.1) is 5.92 Å². The predicted octanol–water partition coefficient (Wildman–Crippen LogP) is 3.36. The summed E-state index contributed by atoms with van der Waals surface area (Å²) in [6, 6.07) is 10.6. The summed E-state index contributed by atoms with van der Waals surface area (Å²) in [6.07, 6.45) is 6.67. The smallest absolute Gasteiger partial charge is 0.00177 e. The van der Waals surface area contributed by atoms with Gasteiger partial charge in [0.1, 0.15) is 0 Å². The van der Waals surface area contributed by atoms with Crippen molar-refractivity contribution in [3.8, 4) is 0 Å². The summed E-state index contributed by atoms with van der Waals surface area (Å²) in [5, 5.41) is 0. The lowest BCUT2D eigenvalue weighted by Crippen LogP contribution is -1.99. The molecule has 0 spiro atoms. The molecule has 0 fully saturated rings. The Morgan fingerprint density at radius 3 is 2.62 bits per heavy atom. The first kappa shape index (κ1) is 8.31. The second-order valence-corrected chi connectivity index (χ2v) is 3.59. The minimum atomic E-state index is 0.572. The van der Waals surface area contributed by atoms with Crippen LogP contribution in [0.5, 0.6) is 0 Å². The molecule has 0 saturated carbocycles. The van der Waals surface area contributed by atoms with Crippen LogP contribution in [0.4, 0.5) is 0 Å². The van der Waals surface area contributed by atoms with E-state index in [2.05, 4.69) is 49.1 Å². The average Bonchev–Trinajstić information content (AvgIpc) is 2.54. The highest BCUT2D eigenvalue weighted by atomic mass is 14.2. The molecule has 1 aromatic rings. The molecule has 13 heavy (non-hydrogen) atoms. The normalized spacial score (nSPS) is 20.9. The van der Waals surface area contributed by atoms with Crippen LogP contribution >= 0.6 is 0 Å². The quantitative estimate of drug-likeness (QED) is 0.597. The molecule has 0 bridgehead atoms. The van der Waals surface area contributed by atoms with Crippen LogP contribution in [-0.2, 0) is 6.42 Å². The predicted molar refractivity (Wildman–Crippen MR) is 56.5 cm³/mol. The molecule has 0 heteroatoms. The Balaban J connectivity index is 2.06. The number of hydrogen-bond donors (Lipinski definition) is 0. The maximum absolute atomic E-state index is 4.07. The fourth-order valence-corrected chi connectivity index (χ4v) is 1.75. The number of hydrogen-bond acceptors (Lipinski definition) is 0. The zero-order valence-corrected chi connectivity index (χ0v) is 7.74. The van der Waals surface area contributed by atoms with Gasteiger partial charge in [0.05, 0.1) is 0 Å². The second kappa shape index (κ2) is 3.61. The van der Waals surface area contributed by atoms with Crippen molar-refractivity contribution in [1.29, 1.82) is 0 Å². The Labute approximate surface area is 79.6 Å². The van der Waals surface area contributed by atoms with Crippen LogP contribution in [0.25, 0.3) is 0 Å². The van der Waals surface area contributed by atoms with Crippen LogP contribution in [-0.4, -0.2) is 0 Å². The van der Waals surface area contributed by atoms with Crippen LogP contribution in [0.2, 0.25) is 0 Å². The maximum Gasteiger partial charge on any atom is 0.00177 e. The largest absolute Gasteiger partial charge is 0.0989 e. The monoisotopic (exact) mass is 170 g/mol. The van der Waals surface area contributed by atoms with E-state index in [4.69, 9.17) is 0 Å². The third-order valence-electron chi connectivity index (χ3n) is 2.57. The van der Waals surface area contributed by atoms with E-state index in [1.165, 1.54) is 11.1 Å². The summed E-state index contributed by atoms with van der Waals surface area (Å²) in [6.45, 7) is 4.07. The fraction of sp³-hybridized carbons (Fsp3) is 0.231. The zero-order valence-electron chi connectivity index (χ0n) is 7.74. The highest BCUT2D eigenvalue weighted by molar-refractivity contribution is 5.25. The van der Waals surface area contributed by atoms with E-state index >= 15 is 0 Å². The molecule has 1 aliphatic rings. The van der Waals surface area contributed by atoms with E-state index in [0.717, 1.165) is 12.8 Å². The molecular weight excluding hydrogens is 156 g/mol. The van der Waals surface area contributed by atoms with E-state index < -0.39 is 0 Å². The van der Waals surface area contributed by atoms with Crippen molar-refractivity contribution in [3.63, 3.8) is 0 Å². The molecule has 1 atom stereocenters. The first-order valence-corrected chi connectivity index (χ1v) is 4.74. The lowest BCUT2D eigenvalue weighted by molar-refractivity contribution is 0.769. The Bertz CT molecular complexity index is 319. The van der Waals surface area contributed by atoms with Gasteiger partial charge in [0.15, 0.2) is 0 Å². The standard InChI is InChI=1S/C13H14/c1-11-6-5-9-13(11)10-12-7-3-2-4-8-12/h2-5,7-9,13H,1,6,10H2. The third-order valence-corrected chi connectivity index (χ3v) is 2.57.